The Morgan fingerprint density at radius 3 is 2.22 bits per heavy atom. The van der Waals surface area contributed by atoms with E-state index < -0.39 is 0 Å². The van der Waals surface area contributed by atoms with Gasteiger partial charge in [-0.2, -0.15) is 5.26 Å². The molecule has 0 aliphatic heterocycles. The molecule has 0 amide bonds. The molecule has 1 heterocycles. The summed E-state index contributed by atoms with van der Waals surface area (Å²) in [6.45, 7) is 6.23. The van der Waals surface area contributed by atoms with Crippen molar-refractivity contribution in [1.82, 2.24) is 9.55 Å². The standard InChI is InChI=1S/C14H14BrN3/c1-8-5-9(2)12(10(3)6-8)14-17-11(7-16)13(15)18(14)4/h5-6H,1-4H3. The molecular weight excluding hydrogens is 290 g/mol. The van der Waals surface area contributed by atoms with Crippen LogP contribution in [0.1, 0.15) is 22.4 Å². The lowest BCUT2D eigenvalue weighted by atomic mass is 9.99. The highest BCUT2D eigenvalue weighted by molar-refractivity contribution is 9.10. The Hall–Kier alpha value is -1.60. The Labute approximate surface area is 115 Å². The largest absolute Gasteiger partial charge is 0.321 e. The number of nitriles is 1. The first-order valence-corrected chi connectivity index (χ1v) is 6.45. The zero-order valence-electron chi connectivity index (χ0n) is 10.9. The van der Waals surface area contributed by atoms with Crippen LogP contribution >= 0.6 is 15.9 Å². The van der Waals surface area contributed by atoms with E-state index in [-0.39, 0.29) is 0 Å². The van der Waals surface area contributed by atoms with E-state index in [0.717, 1.165) is 16.0 Å². The van der Waals surface area contributed by atoms with Crippen molar-refractivity contribution >= 4 is 15.9 Å². The molecule has 0 saturated heterocycles. The van der Waals surface area contributed by atoms with E-state index >= 15 is 0 Å². The molecule has 4 heteroatoms. The topological polar surface area (TPSA) is 41.6 Å². The smallest absolute Gasteiger partial charge is 0.173 e. The maximum atomic E-state index is 9.03. The van der Waals surface area contributed by atoms with E-state index in [1.54, 1.807) is 0 Å². The summed E-state index contributed by atoms with van der Waals surface area (Å²) in [5.41, 5.74) is 5.12. The highest BCUT2D eigenvalue weighted by Gasteiger charge is 2.17. The third-order valence-electron chi connectivity index (χ3n) is 3.03. The van der Waals surface area contributed by atoms with Crippen LogP contribution in [0.25, 0.3) is 11.4 Å². The zero-order chi connectivity index (χ0) is 13.4. The predicted molar refractivity (Wildman–Crippen MR) is 75.3 cm³/mol. The van der Waals surface area contributed by atoms with Gasteiger partial charge in [0.15, 0.2) is 5.69 Å². The summed E-state index contributed by atoms with van der Waals surface area (Å²) in [6, 6.07) is 6.37. The summed E-state index contributed by atoms with van der Waals surface area (Å²) in [7, 11) is 1.91. The number of nitrogens with zero attached hydrogens (tertiary/aromatic N) is 3. The molecule has 0 saturated carbocycles. The summed E-state index contributed by atoms with van der Waals surface area (Å²) < 4.78 is 2.63. The summed E-state index contributed by atoms with van der Waals surface area (Å²) >= 11 is 3.40. The molecule has 2 rings (SSSR count). The van der Waals surface area contributed by atoms with Crippen molar-refractivity contribution in [3.05, 3.63) is 39.1 Å². The Morgan fingerprint density at radius 1 is 1.22 bits per heavy atom. The van der Waals surface area contributed by atoms with E-state index in [2.05, 4.69) is 59.9 Å². The van der Waals surface area contributed by atoms with Gasteiger partial charge in [0.05, 0.1) is 0 Å². The van der Waals surface area contributed by atoms with Crippen LogP contribution in [0.15, 0.2) is 16.7 Å². The van der Waals surface area contributed by atoms with E-state index in [4.69, 9.17) is 5.26 Å². The molecule has 3 nitrogen and oxygen atoms in total. The fourth-order valence-electron chi connectivity index (χ4n) is 2.31. The SMILES string of the molecule is Cc1cc(C)c(-c2nc(C#N)c(Br)n2C)c(C)c1. The summed E-state index contributed by atoms with van der Waals surface area (Å²) in [6.07, 6.45) is 0. The second kappa shape index (κ2) is 4.58. The van der Waals surface area contributed by atoms with E-state index in [9.17, 15) is 0 Å². The summed E-state index contributed by atoms with van der Waals surface area (Å²) in [4.78, 5) is 4.40. The number of rotatable bonds is 1. The van der Waals surface area contributed by atoms with Crippen LogP contribution in [0.5, 0.6) is 0 Å². The molecule has 1 aromatic carbocycles. The van der Waals surface area contributed by atoms with Crippen LogP contribution in [-0.4, -0.2) is 9.55 Å². The minimum absolute atomic E-state index is 0.423. The fraction of sp³-hybridized carbons (Fsp3) is 0.286. The van der Waals surface area contributed by atoms with Crippen molar-refractivity contribution in [1.29, 1.82) is 5.26 Å². The molecule has 0 fully saturated rings. The van der Waals surface area contributed by atoms with Crippen LogP contribution in [0.4, 0.5) is 0 Å². The number of benzene rings is 1. The van der Waals surface area contributed by atoms with Gasteiger partial charge in [-0.1, -0.05) is 17.7 Å². The van der Waals surface area contributed by atoms with Crippen molar-refractivity contribution in [3.8, 4) is 17.5 Å². The zero-order valence-corrected chi connectivity index (χ0v) is 12.5. The van der Waals surface area contributed by atoms with Crippen LogP contribution in [0.3, 0.4) is 0 Å². The predicted octanol–water partition coefficient (Wildman–Crippen LogP) is 3.65. The lowest BCUT2D eigenvalue weighted by Gasteiger charge is -2.11. The first kappa shape index (κ1) is 12.8. The van der Waals surface area contributed by atoms with Crippen LogP contribution < -0.4 is 0 Å². The van der Waals surface area contributed by atoms with Gasteiger partial charge in [-0.05, 0) is 47.8 Å². The van der Waals surface area contributed by atoms with Crippen LogP contribution in [0.2, 0.25) is 0 Å². The minimum atomic E-state index is 0.423. The Morgan fingerprint density at radius 2 is 1.78 bits per heavy atom. The van der Waals surface area contributed by atoms with Gasteiger partial charge in [0, 0.05) is 12.6 Å². The van der Waals surface area contributed by atoms with Crippen molar-refractivity contribution in [2.75, 3.05) is 0 Å². The Balaban J connectivity index is 2.75. The molecule has 18 heavy (non-hydrogen) atoms. The van der Waals surface area contributed by atoms with E-state index in [1.165, 1.54) is 16.7 Å². The summed E-state index contributed by atoms with van der Waals surface area (Å²) in [5, 5.41) is 9.03. The van der Waals surface area contributed by atoms with Gasteiger partial charge in [0.2, 0.25) is 0 Å². The highest BCUT2D eigenvalue weighted by Crippen LogP contribution is 2.30. The number of hydrogen-bond donors (Lipinski definition) is 0. The maximum Gasteiger partial charge on any atom is 0.173 e. The van der Waals surface area contributed by atoms with Crippen molar-refractivity contribution in [2.24, 2.45) is 7.05 Å². The maximum absolute atomic E-state index is 9.03. The van der Waals surface area contributed by atoms with Gasteiger partial charge in [-0.3, -0.25) is 0 Å². The van der Waals surface area contributed by atoms with E-state index in [1.807, 2.05) is 11.6 Å². The van der Waals surface area contributed by atoms with Crippen molar-refractivity contribution in [3.63, 3.8) is 0 Å². The molecule has 0 radical (unpaired) electrons. The molecule has 0 unspecified atom stereocenters. The van der Waals surface area contributed by atoms with Crippen molar-refractivity contribution < 1.29 is 0 Å². The molecule has 0 bridgehead atoms. The lowest BCUT2D eigenvalue weighted by molar-refractivity contribution is 0.898. The number of aromatic nitrogens is 2. The molecule has 0 N–H and O–H groups in total. The highest BCUT2D eigenvalue weighted by atomic mass is 79.9. The lowest BCUT2D eigenvalue weighted by Crippen LogP contribution is -1.98. The van der Waals surface area contributed by atoms with Gasteiger partial charge in [0.25, 0.3) is 0 Å². The summed E-state index contributed by atoms with van der Waals surface area (Å²) in [5.74, 6) is 0.827. The first-order valence-electron chi connectivity index (χ1n) is 5.66. The molecule has 0 aliphatic carbocycles. The molecule has 0 aliphatic rings. The molecule has 92 valence electrons. The van der Waals surface area contributed by atoms with Crippen LogP contribution in [-0.2, 0) is 7.05 Å². The molecule has 0 spiro atoms. The van der Waals surface area contributed by atoms with Gasteiger partial charge in [0.1, 0.15) is 16.5 Å². The molecular formula is C14H14BrN3. The number of hydrogen-bond acceptors (Lipinski definition) is 2. The fourth-order valence-corrected chi connectivity index (χ4v) is 2.65. The minimum Gasteiger partial charge on any atom is -0.321 e. The Bertz CT molecular complexity index is 639. The number of halogens is 1. The molecule has 0 atom stereocenters. The molecule has 2 aromatic rings. The average molecular weight is 304 g/mol. The molecule has 1 aromatic heterocycles. The average Bonchev–Trinajstić information content (AvgIpc) is 2.56. The third kappa shape index (κ3) is 1.95. The van der Waals surface area contributed by atoms with Gasteiger partial charge >= 0.3 is 0 Å². The monoisotopic (exact) mass is 303 g/mol. The normalized spacial score (nSPS) is 10.4. The number of aryl methyl sites for hydroxylation is 3. The number of imidazole rings is 1. The Kier molecular flexibility index (Phi) is 3.27. The van der Waals surface area contributed by atoms with Gasteiger partial charge in [-0.15, -0.1) is 0 Å². The first-order chi connectivity index (χ1) is 8.45. The van der Waals surface area contributed by atoms with Gasteiger partial charge < -0.3 is 4.57 Å². The third-order valence-corrected chi connectivity index (χ3v) is 3.94. The van der Waals surface area contributed by atoms with Gasteiger partial charge in [-0.25, -0.2) is 4.98 Å². The second-order valence-electron chi connectivity index (χ2n) is 4.52. The van der Waals surface area contributed by atoms with Crippen molar-refractivity contribution in [2.45, 2.75) is 20.8 Å². The van der Waals surface area contributed by atoms with E-state index in [0.29, 0.717) is 5.69 Å². The van der Waals surface area contributed by atoms with Crippen LogP contribution in [0, 0.1) is 32.1 Å². The second-order valence-corrected chi connectivity index (χ2v) is 5.27. The quantitative estimate of drug-likeness (QED) is 0.807.